The van der Waals surface area contributed by atoms with Crippen molar-refractivity contribution in [3.8, 4) is 12.1 Å². The maximum Gasteiger partial charge on any atom is 0.680 e. The molecular weight excluding hydrogens is 641 g/mol. The quantitative estimate of drug-likeness (QED) is 0.152. The molecule has 0 spiro atoms. The second-order valence-corrected chi connectivity index (χ2v) is 14.4. The van der Waals surface area contributed by atoms with Crippen molar-refractivity contribution >= 4 is 52.5 Å². The molecule has 0 aromatic carbocycles. The molecule has 0 fully saturated rings. The minimum Gasteiger partial charge on any atom is -0.489 e. The number of carbonyl (C=O) groups is 3. The maximum absolute atomic E-state index is 13.3. The van der Waals surface area contributed by atoms with E-state index in [0.29, 0.717) is 43.3 Å². The lowest BCUT2D eigenvalue weighted by Crippen LogP contribution is -2.31. The molecular formula is C29H37BIN2O6P. The molecule has 0 aromatic rings. The molecule has 0 heterocycles. The average molecular weight is 678 g/mol. The fraction of sp³-hybridized carbons (Fsp3) is 0.621. The predicted octanol–water partition coefficient (Wildman–Crippen LogP) is 7.69. The summed E-state index contributed by atoms with van der Waals surface area (Å²) in [6.45, 7) is -1.45. The highest BCUT2D eigenvalue weighted by Gasteiger charge is 2.43. The molecule has 0 aliphatic heterocycles. The monoisotopic (exact) mass is 678 g/mol. The van der Waals surface area contributed by atoms with Crippen LogP contribution >= 0.6 is 27.7 Å². The van der Waals surface area contributed by atoms with Gasteiger partial charge in [0.05, 0.1) is 29.5 Å². The number of hydrogen-bond acceptors (Lipinski definition) is 8. The van der Waals surface area contributed by atoms with Crippen LogP contribution in [0.3, 0.4) is 0 Å². The van der Waals surface area contributed by atoms with Gasteiger partial charge >= 0.3 is 24.7 Å². The fourth-order valence-corrected chi connectivity index (χ4v) is 7.08. The summed E-state index contributed by atoms with van der Waals surface area (Å²) in [6.07, 6.45) is 18.7. The van der Waals surface area contributed by atoms with Crippen LogP contribution in [0.2, 0.25) is 0 Å². The Balaban J connectivity index is 1.82. The Labute approximate surface area is 252 Å². The van der Waals surface area contributed by atoms with E-state index in [1.807, 2.05) is 28.1 Å². The number of halogens is 1. The van der Waals surface area contributed by atoms with Gasteiger partial charge in [0, 0.05) is 11.1 Å². The van der Waals surface area contributed by atoms with Crippen molar-refractivity contribution < 1.29 is 28.2 Å². The summed E-state index contributed by atoms with van der Waals surface area (Å²) in [4.78, 5) is 39.7. The van der Waals surface area contributed by atoms with E-state index >= 15 is 0 Å². The Morgan fingerprint density at radius 3 is 1.82 bits per heavy atom. The third kappa shape index (κ3) is 10.0. The number of nitriles is 2. The number of carbonyl (C=O) groups excluding carboxylic acids is 3. The molecule has 11 heteroatoms. The van der Waals surface area contributed by atoms with Gasteiger partial charge in [-0.3, -0.25) is 0 Å². The van der Waals surface area contributed by atoms with Gasteiger partial charge in [-0.25, -0.2) is 14.4 Å². The molecule has 0 bridgehead atoms. The van der Waals surface area contributed by atoms with E-state index in [1.165, 1.54) is 0 Å². The summed E-state index contributed by atoms with van der Waals surface area (Å²) in [7, 11) is 0. The number of rotatable bonds is 7. The third-order valence-corrected chi connectivity index (χ3v) is 10.3. The normalized spacial score (nSPS) is 25.7. The highest BCUT2D eigenvalue weighted by molar-refractivity contribution is 14.2. The van der Waals surface area contributed by atoms with Crippen LogP contribution in [0.5, 0.6) is 0 Å². The summed E-state index contributed by atoms with van der Waals surface area (Å²) in [6, 6.07) is 4.41. The zero-order valence-electron chi connectivity index (χ0n) is 22.9. The van der Waals surface area contributed by atoms with E-state index in [9.17, 15) is 24.9 Å². The average Bonchev–Trinajstić information content (AvgIpc) is 2.88. The van der Waals surface area contributed by atoms with Crippen LogP contribution in [-0.4, -0.2) is 24.7 Å². The number of allylic oxidation sites excluding steroid dienone is 3. The van der Waals surface area contributed by atoms with Gasteiger partial charge in [-0.15, -0.1) is 0 Å². The van der Waals surface area contributed by atoms with Crippen LogP contribution < -0.4 is 0 Å². The fourth-order valence-electron chi connectivity index (χ4n) is 5.16. The van der Waals surface area contributed by atoms with Gasteiger partial charge in [-0.1, -0.05) is 56.8 Å². The summed E-state index contributed by atoms with van der Waals surface area (Å²) in [5, 5.41) is 19.4. The molecule has 0 N–H and O–H groups in total. The van der Waals surface area contributed by atoms with Gasteiger partial charge in [-0.05, 0) is 86.2 Å². The molecule has 3 atom stereocenters. The van der Waals surface area contributed by atoms with Crippen molar-refractivity contribution in [2.75, 3.05) is 0 Å². The van der Waals surface area contributed by atoms with Crippen LogP contribution in [0.1, 0.15) is 103 Å². The van der Waals surface area contributed by atoms with Crippen molar-refractivity contribution in [1.82, 2.24) is 0 Å². The van der Waals surface area contributed by atoms with Crippen molar-refractivity contribution in [2.45, 2.75) is 103 Å². The predicted molar refractivity (Wildman–Crippen MR) is 161 cm³/mol. The van der Waals surface area contributed by atoms with Crippen molar-refractivity contribution in [3.05, 3.63) is 34.9 Å². The van der Waals surface area contributed by atoms with E-state index in [0.717, 1.165) is 70.6 Å². The maximum atomic E-state index is 13.3. The van der Waals surface area contributed by atoms with E-state index < -0.39 is 42.3 Å². The first-order chi connectivity index (χ1) is 19.4. The molecule has 3 unspecified atom stereocenters. The lowest BCUT2D eigenvalue weighted by Gasteiger charge is -2.23. The molecule has 40 heavy (non-hydrogen) atoms. The van der Waals surface area contributed by atoms with Gasteiger partial charge in [0.2, 0.25) is 5.67 Å². The van der Waals surface area contributed by atoms with Gasteiger partial charge in [0.15, 0.2) is 0 Å². The summed E-state index contributed by atoms with van der Waals surface area (Å²) >= 11 is 1.86. The summed E-state index contributed by atoms with van der Waals surface area (Å²) in [5.74, 6) is -3.18. The zero-order valence-corrected chi connectivity index (χ0v) is 26.0. The standard InChI is InChI=1S/C29H37BIN2O6P/c31-40(39-29(36)26-19-13-7-5-11-17-24(26)21-33)30(37-27(34)22-14-8-2-1-3-9-15-22)38-28(35)25-18-12-6-4-10-16-23(25)20-32/h14,18-19,23-24H,1-13,15-17H2/b22-14+,25-18?,26-19+. The summed E-state index contributed by atoms with van der Waals surface area (Å²) < 4.78 is 17.2. The first-order valence-electron chi connectivity index (χ1n) is 14.4. The number of nitrogens with zero attached hydrogens (tertiary/aromatic N) is 2. The van der Waals surface area contributed by atoms with E-state index in [4.69, 9.17) is 13.8 Å². The van der Waals surface area contributed by atoms with Gasteiger partial charge < -0.3 is 13.8 Å². The summed E-state index contributed by atoms with van der Waals surface area (Å²) in [5.41, 5.74) is -0.863. The lowest BCUT2D eigenvalue weighted by atomic mass is 9.90. The molecule has 214 valence electrons. The first kappa shape index (κ1) is 32.4. The Bertz CT molecular complexity index is 1100. The molecule has 3 aliphatic rings. The number of hydrogen-bond donors (Lipinski definition) is 0. The van der Waals surface area contributed by atoms with Crippen molar-refractivity contribution in [2.24, 2.45) is 11.8 Å². The highest BCUT2D eigenvalue weighted by atomic mass is 127. The Kier molecular flexibility index (Phi) is 14.2. The lowest BCUT2D eigenvalue weighted by molar-refractivity contribution is -0.136. The van der Waals surface area contributed by atoms with Gasteiger partial charge in [0.25, 0.3) is 0 Å². The van der Waals surface area contributed by atoms with Crippen LogP contribution in [0, 0.1) is 34.5 Å². The smallest absolute Gasteiger partial charge is 0.489 e. The van der Waals surface area contributed by atoms with Crippen molar-refractivity contribution in [3.63, 3.8) is 0 Å². The van der Waals surface area contributed by atoms with Gasteiger partial charge in [-0.2, -0.15) is 10.5 Å². The molecule has 3 rings (SSSR count). The van der Waals surface area contributed by atoms with E-state index in [2.05, 4.69) is 12.1 Å². The molecule has 0 aromatic heterocycles. The van der Waals surface area contributed by atoms with Crippen LogP contribution in [0.25, 0.3) is 0 Å². The van der Waals surface area contributed by atoms with Crippen LogP contribution in [0.15, 0.2) is 34.9 Å². The van der Waals surface area contributed by atoms with Gasteiger partial charge in [0.1, 0.15) is 0 Å². The molecule has 0 radical (unpaired) electrons. The zero-order chi connectivity index (χ0) is 28.7. The molecule has 0 saturated heterocycles. The Morgan fingerprint density at radius 1 is 0.725 bits per heavy atom. The van der Waals surface area contributed by atoms with Crippen molar-refractivity contribution in [1.29, 1.82) is 10.5 Å². The SMILES string of the molecule is N#CC1CCCCCC=C1C(=O)OB(OC(=O)/C1=C/CCCCCC1)P(I)OC(=O)/C1=C/CCCCCC1C#N. The largest absolute Gasteiger partial charge is 0.680 e. The topological polar surface area (TPSA) is 126 Å². The third-order valence-electron chi connectivity index (χ3n) is 7.46. The Hall–Kier alpha value is -2.17. The van der Waals surface area contributed by atoms with E-state index in [-0.39, 0.29) is 5.57 Å². The van der Waals surface area contributed by atoms with Crippen LogP contribution in [-0.2, 0) is 28.2 Å². The van der Waals surface area contributed by atoms with E-state index in [1.54, 1.807) is 12.2 Å². The second-order valence-electron chi connectivity index (χ2n) is 10.4. The Morgan fingerprint density at radius 2 is 1.23 bits per heavy atom. The minimum absolute atomic E-state index is 0.256. The minimum atomic E-state index is -1.95. The molecule has 3 aliphatic carbocycles. The molecule has 8 nitrogen and oxygen atoms in total. The molecule has 0 saturated carbocycles. The molecule has 0 amide bonds. The highest BCUT2D eigenvalue weighted by Crippen LogP contribution is 2.51. The first-order valence-corrected chi connectivity index (χ1v) is 18.5. The van der Waals surface area contributed by atoms with Crippen LogP contribution in [0.4, 0.5) is 0 Å². The second kappa shape index (κ2) is 17.6.